The van der Waals surface area contributed by atoms with Crippen LogP contribution in [-0.4, -0.2) is 43.0 Å². The average Bonchev–Trinajstić information content (AvgIpc) is 2.80. The van der Waals surface area contributed by atoms with Gasteiger partial charge in [-0.05, 0) is 62.4 Å². The first-order valence-corrected chi connectivity index (χ1v) is 9.80. The Kier molecular flexibility index (Phi) is 7.26. The molecule has 0 bridgehead atoms. The van der Waals surface area contributed by atoms with Gasteiger partial charge in [-0.3, -0.25) is 4.79 Å². The minimum atomic E-state index is -0.730. The van der Waals surface area contributed by atoms with E-state index in [4.69, 9.17) is 18.9 Å². The van der Waals surface area contributed by atoms with Crippen LogP contribution in [0.25, 0.3) is 11.3 Å². The van der Waals surface area contributed by atoms with Crippen molar-refractivity contribution < 1.29 is 23.7 Å². The van der Waals surface area contributed by atoms with Crippen LogP contribution < -0.4 is 24.3 Å². The molecule has 3 rings (SSSR count). The summed E-state index contributed by atoms with van der Waals surface area (Å²) in [6, 6.07) is 16.0. The van der Waals surface area contributed by atoms with Gasteiger partial charge >= 0.3 is 0 Å². The molecule has 1 aromatic heterocycles. The summed E-state index contributed by atoms with van der Waals surface area (Å²) < 4.78 is 21.6. The Morgan fingerprint density at radius 3 is 2.32 bits per heavy atom. The van der Waals surface area contributed by atoms with Crippen molar-refractivity contribution in [2.75, 3.05) is 26.1 Å². The van der Waals surface area contributed by atoms with Crippen LogP contribution in [0.3, 0.4) is 0 Å². The van der Waals surface area contributed by atoms with Crippen LogP contribution in [0.2, 0.25) is 0 Å². The maximum atomic E-state index is 12.7. The van der Waals surface area contributed by atoms with Gasteiger partial charge in [0.2, 0.25) is 5.88 Å². The molecule has 0 aliphatic rings. The number of nitrogens with zero attached hydrogens (tertiary/aromatic N) is 2. The van der Waals surface area contributed by atoms with Crippen molar-refractivity contribution >= 4 is 11.6 Å². The van der Waals surface area contributed by atoms with Crippen molar-refractivity contribution in [3.8, 4) is 34.4 Å². The quantitative estimate of drug-likeness (QED) is 0.557. The molecule has 1 heterocycles. The molecule has 0 aliphatic carbocycles. The van der Waals surface area contributed by atoms with E-state index in [9.17, 15) is 4.79 Å². The maximum absolute atomic E-state index is 12.7. The molecule has 0 saturated heterocycles. The molecular formula is C23H25N3O5. The van der Waals surface area contributed by atoms with Crippen LogP contribution in [-0.2, 0) is 4.79 Å². The van der Waals surface area contributed by atoms with Crippen molar-refractivity contribution in [3.63, 3.8) is 0 Å². The number of hydrogen-bond acceptors (Lipinski definition) is 7. The Hall–Kier alpha value is -3.81. The third kappa shape index (κ3) is 5.63. The molecule has 3 aromatic rings. The number of methoxy groups -OCH3 is 2. The molecule has 0 saturated carbocycles. The van der Waals surface area contributed by atoms with E-state index in [-0.39, 0.29) is 5.91 Å². The van der Waals surface area contributed by atoms with Crippen molar-refractivity contribution in [1.82, 2.24) is 10.2 Å². The van der Waals surface area contributed by atoms with Gasteiger partial charge in [0.15, 0.2) is 6.10 Å². The van der Waals surface area contributed by atoms with Crippen LogP contribution in [0.15, 0.2) is 54.6 Å². The summed E-state index contributed by atoms with van der Waals surface area (Å²) >= 11 is 0. The van der Waals surface area contributed by atoms with Crippen molar-refractivity contribution in [1.29, 1.82) is 0 Å². The molecule has 0 aliphatic heterocycles. The first-order chi connectivity index (χ1) is 15.0. The smallest absolute Gasteiger partial charge is 0.265 e. The van der Waals surface area contributed by atoms with E-state index in [2.05, 4.69) is 15.5 Å². The van der Waals surface area contributed by atoms with Gasteiger partial charge in [0.05, 0.1) is 32.2 Å². The predicted molar refractivity (Wildman–Crippen MR) is 117 cm³/mol. The highest BCUT2D eigenvalue weighted by Gasteiger charge is 2.18. The first kappa shape index (κ1) is 21.9. The van der Waals surface area contributed by atoms with Crippen molar-refractivity contribution in [3.05, 3.63) is 54.6 Å². The lowest BCUT2D eigenvalue weighted by Crippen LogP contribution is -2.30. The lowest BCUT2D eigenvalue weighted by molar-refractivity contribution is -0.122. The molecule has 8 heteroatoms. The van der Waals surface area contributed by atoms with E-state index in [0.717, 1.165) is 11.3 Å². The Balaban J connectivity index is 1.72. The number of anilines is 1. The lowest BCUT2D eigenvalue weighted by Gasteiger charge is -2.17. The van der Waals surface area contributed by atoms with Gasteiger partial charge < -0.3 is 24.3 Å². The molecule has 0 spiro atoms. The summed E-state index contributed by atoms with van der Waals surface area (Å²) in [4.78, 5) is 12.7. The zero-order chi connectivity index (χ0) is 22.2. The fraction of sp³-hybridized carbons (Fsp3) is 0.261. The standard InChI is InChI=1S/C23H25N3O5/c1-5-30-17-7-9-18(10-8-17)31-15(2)23(27)24-20-14-16(6-12-21(20)28-3)19-11-13-22(29-4)26-25-19/h6-15H,5H2,1-4H3,(H,24,27). The number of benzene rings is 2. The molecule has 0 radical (unpaired) electrons. The SMILES string of the molecule is CCOc1ccc(OC(C)C(=O)Nc2cc(-c3ccc(OC)nn3)ccc2OC)cc1. The molecular weight excluding hydrogens is 398 g/mol. The summed E-state index contributed by atoms with van der Waals surface area (Å²) in [6.07, 6.45) is -0.730. The van der Waals surface area contributed by atoms with Gasteiger partial charge in [-0.1, -0.05) is 0 Å². The van der Waals surface area contributed by atoms with E-state index in [1.54, 1.807) is 55.5 Å². The monoisotopic (exact) mass is 423 g/mol. The number of hydrogen-bond donors (Lipinski definition) is 1. The lowest BCUT2D eigenvalue weighted by atomic mass is 10.1. The summed E-state index contributed by atoms with van der Waals surface area (Å²) in [5.74, 6) is 1.94. The molecule has 1 atom stereocenters. The fourth-order valence-corrected chi connectivity index (χ4v) is 2.82. The highest BCUT2D eigenvalue weighted by atomic mass is 16.5. The van der Waals surface area contributed by atoms with Crippen molar-refractivity contribution in [2.45, 2.75) is 20.0 Å². The topological polar surface area (TPSA) is 91.8 Å². The van der Waals surface area contributed by atoms with Crippen LogP contribution in [0, 0.1) is 0 Å². The predicted octanol–water partition coefficient (Wildman–Crippen LogP) is 3.97. The number of carbonyl (C=O) groups is 1. The minimum absolute atomic E-state index is 0.315. The Labute approximate surface area is 181 Å². The van der Waals surface area contributed by atoms with Crippen LogP contribution in [0.5, 0.6) is 23.1 Å². The molecule has 0 fully saturated rings. The van der Waals surface area contributed by atoms with Crippen molar-refractivity contribution in [2.24, 2.45) is 0 Å². The molecule has 8 nitrogen and oxygen atoms in total. The highest BCUT2D eigenvalue weighted by molar-refractivity contribution is 5.96. The minimum Gasteiger partial charge on any atom is -0.495 e. The number of aromatic nitrogens is 2. The van der Waals surface area contributed by atoms with E-state index >= 15 is 0 Å². The second kappa shape index (κ2) is 10.3. The van der Waals surface area contributed by atoms with Crippen LogP contribution in [0.4, 0.5) is 5.69 Å². The Bertz CT molecular complexity index is 1010. The van der Waals surface area contributed by atoms with Crippen LogP contribution in [0.1, 0.15) is 13.8 Å². The molecule has 162 valence electrons. The van der Waals surface area contributed by atoms with Gasteiger partial charge in [0.25, 0.3) is 5.91 Å². The van der Waals surface area contributed by atoms with E-state index in [1.807, 2.05) is 13.0 Å². The Morgan fingerprint density at radius 1 is 0.968 bits per heavy atom. The maximum Gasteiger partial charge on any atom is 0.265 e. The third-order valence-corrected chi connectivity index (χ3v) is 4.42. The summed E-state index contributed by atoms with van der Waals surface area (Å²) in [7, 11) is 3.07. The molecule has 1 amide bonds. The normalized spacial score (nSPS) is 11.4. The fourth-order valence-electron chi connectivity index (χ4n) is 2.82. The van der Waals surface area contributed by atoms with E-state index in [0.29, 0.717) is 35.4 Å². The Morgan fingerprint density at radius 2 is 1.71 bits per heavy atom. The summed E-state index contributed by atoms with van der Waals surface area (Å²) in [5.41, 5.74) is 1.91. The zero-order valence-electron chi connectivity index (χ0n) is 17.9. The number of ether oxygens (including phenoxy) is 4. The van der Waals surface area contributed by atoms with E-state index < -0.39 is 6.10 Å². The second-order valence-corrected chi connectivity index (χ2v) is 6.53. The average molecular weight is 423 g/mol. The number of carbonyl (C=O) groups excluding carboxylic acids is 1. The number of nitrogens with one attached hydrogen (secondary N) is 1. The van der Waals surface area contributed by atoms with Gasteiger partial charge in [0, 0.05) is 11.6 Å². The van der Waals surface area contributed by atoms with Gasteiger partial charge in [-0.25, -0.2) is 0 Å². The molecule has 31 heavy (non-hydrogen) atoms. The number of rotatable bonds is 9. The zero-order valence-corrected chi connectivity index (χ0v) is 17.9. The first-order valence-electron chi connectivity index (χ1n) is 9.80. The van der Waals surface area contributed by atoms with E-state index in [1.165, 1.54) is 14.2 Å². The molecule has 1 unspecified atom stereocenters. The highest BCUT2D eigenvalue weighted by Crippen LogP contribution is 2.30. The second-order valence-electron chi connectivity index (χ2n) is 6.53. The van der Waals surface area contributed by atoms with Gasteiger partial charge in [0.1, 0.15) is 17.2 Å². The largest absolute Gasteiger partial charge is 0.495 e. The molecule has 1 N–H and O–H groups in total. The van der Waals surface area contributed by atoms with Gasteiger partial charge in [-0.2, -0.15) is 0 Å². The third-order valence-electron chi connectivity index (χ3n) is 4.42. The number of amides is 1. The summed E-state index contributed by atoms with van der Waals surface area (Å²) in [5, 5.41) is 11.0. The molecule has 2 aromatic carbocycles. The summed E-state index contributed by atoms with van der Waals surface area (Å²) in [6.45, 7) is 4.18. The van der Waals surface area contributed by atoms with Crippen LogP contribution >= 0.6 is 0 Å². The van der Waals surface area contributed by atoms with Gasteiger partial charge in [-0.15, -0.1) is 10.2 Å².